The van der Waals surface area contributed by atoms with Crippen LogP contribution in [0.3, 0.4) is 0 Å². The van der Waals surface area contributed by atoms with E-state index in [1.165, 1.54) is 6.07 Å². The lowest BCUT2D eigenvalue weighted by atomic mass is 10.1. The minimum absolute atomic E-state index is 0.0862. The molecule has 3 N–H and O–H groups in total. The van der Waals surface area contributed by atoms with Crippen LogP contribution in [0.1, 0.15) is 24.5 Å². The van der Waals surface area contributed by atoms with Gasteiger partial charge in [0.1, 0.15) is 0 Å². The van der Waals surface area contributed by atoms with Gasteiger partial charge in [-0.25, -0.2) is 0 Å². The van der Waals surface area contributed by atoms with Crippen LogP contribution >= 0.6 is 0 Å². The number of oxime groups is 1. The monoisotopic (exact) mass is 301 g/mol. The summed E-state index contributed by atoms with van der Waals surface area (Å²) in [5, 5.41) is 11.6. The van der Waals surface area contributed by atoms with Crippen molar-refractivity contribution in [1.82, 2.24) is 0 Å². The highest BCUT2D eigenvalue weighted by Gasteiger charge is 2.35. The third-order valence-corrected chi connectivity index (χ3v) is 3.90. The maximum absolute atomic E-state index is 12.8. The molecule has 0 aromatic heterocycles. The van der Waals surface area contributed by atoms with Crippen LogP contribution in [0, 0.1) is 11.8 Å². The minimum Gasteiger partial charge on any atom is -0.409 e. The van der Waals surface area contributed by atoms with Gasteiger partial charge in [-0.2, -0.15) is 13.2 Å². The van der Waals surface area contributed by atoms with Crippen LogP contribution < -0.4 is 10.6 Å². The van der Waals surface area contributed by atoms with Crippen LogP contribution in [-0.4, -0.2) is 24.6 Å². The van der Waals surface area contributed by atoms with E-state index in [1.54, 1.807) is 7.05 Å². The summed E-state index contributed by atoms with van der Waals surface area (Å²) in [6.07, 6.45) is -3.35. The molecular formula is C14H18F3N3O. The summed E-state index contributed by atoms with van der Waals surface area (Å²) in [5.74, 6) is 0.846. The molecule has 2 atom stereocenters. The highest BCUT2D eigenvalue weighted by Crippen LogP contribution is 2.39. The molecule has 0 saturated heterocycles. The van der Waals surface area contributed by atoms with Gasteiger partial charge in [0.25, 0.3) is 0 Å². The van der Waals surface area contributed by atoms with Crippen molar-refractivity contribution in [2.75, 3.05) is 18.5 Å². The van der Waals surface area contributed by atoms with Gasteiger partial charge < -0.3 is 15.8 Å². The molecule has 1 aliphatic rings. The molecule has 116 valence electrons. The molecule has 1 aromatic carbocycles. The normalized spacial score (nSPS) is 22.2. The molecule has 0 amide bonds. The number of nitrogens with two attached hydrogens (primary N) is 1. The quantitative estimate of drug-likeness (QED) is 0.389. The van der Waals surface area contributed by atoms with Crippen LogP contribution in [0.15, 0.2) is 23.4 Å². The van der Waals surface area contributed by atoms with Crippen molar-refractivity contribution in [2.45, 2.75) is 19.5 Å². The van der Waals surface area contributed by atoms with Crippen LogP contribution in [0.5, 0.6) is 0 Å². The first kappa shape index (κ1) is 15.5. The second-order valence-corrected chi connectivity index (χ2v) is 5.57. The molecule has 0 aliphatic heterocycles. The van der Waals surface area contributed by atoms with E-state index >= 15 is 0 Å². The Labute approximate surface area is 121 Å². The number of anilines is 1. The molecule has 21 heavy (non-hydrogen) atoms. The van der Waals surface area contributed by atoms with E-state index in [2.05, 4.69) is 12.1 Å². The molecular weight excluding hydrogens is 283 g/mol. The largest absolute Gasteiger partial charge is 0.416 e. The summed E-state index contributed by atoms with van der Waals surface area (Å²) in [7, 11) is 1.79. The topological polar surface area (TPSA) is 61.8 Å². The molecule has 0 heterocycles. The molecule has 1 saturated carbocycles. The molecule has 1 aromatic rings. The highest BCUT2D eigenvalue weighted by atomic mass is 19.4. The highest BCUT2D eigenvalue weighted by molar-refractivity contribution is 6.02. The Kier molecular flexibility index (Phi) is 4.02. The zero-order valence-electron chi connectivity index (χ0n) is 11.9. The maximum atomic E-state index is 12.8. The first-order valence-corrected chi connectivity index (χ1v) is 6.64. The van der Waals surface area contributed by atoms with E-state index in [0.717, 1.165) is 25.1 Å². The van der Waals surface area contributed by atoms with Crippen LogP contribution in [0.2, 0.25) is 0 Å². The van der Waals surface area contributed by atoms with Crippen molar-refractivity contribution in [3.05, 3.63) is 29.3 Å². The standard InChI is InChI=1S/C14H18F3N3O/c1-8-5-9(8)7-20(2)12-4-3-10(14(15,16)17)6-11(12)13(18)19-21/h3-4,6,8-9,21H,5,7H2,1-2H3,(H2,18,19). The van der Waals surface area contributed by atoms with Gasteiger partial charge in [-0.05, 0) is 36.5 Å². The maximum Gasteiger partial charge on any atom is 0.416 e. The number of benzene rings is 1. The zero-order chi connectivity index (χ0) is 15.8. The van der Waals surface area contributed by atoms with Crippen molar-refractivity contribution in [3.63, 3.8) is 0 Å². The fourth-order valence-electron chi connectivity index (χ4n) is 2.41. The second-order valence-electron chi connectivity index (χ2n) is 5.57. The summed E-state index contributed by atoms with van der Waals surface area (Å²) in [4.78, 5) is 1.85. The first-order valence-electron chi connectivity index (χ1n) is 6.64. The first-order chi connectivity index (χ1) is 9.74. The van der Waals surface area contributed by atoms with Gasteiger partial charge in [0.05, 0.1) is 5.56 Å². The van der Waals surface area contributed by atoms with Gasteiger partial charge in [0.15, 0.2) is 5.84 Å². The lowest BCUT2D eigenvalue weighted by Gasteiger charge is -2.23. The van der Waals surface area contributed by atoms with Crippen molar-refractivity contribution in [1.29, 1.82) is 0 Å². The summed E-state index contributed by atoms with van der Waals surface area (Å²) >= 11 is 0. The van der Waals surface area contributed by atoms with Crippen LogP contribution in [0.25, 0.3) is 0 Å². The van der Waals surface area contributed by atoms with Gasteiger partial charge >= 0.3 is 6.18 Å². The van der Waals surface area contributed by atoms with Gasteiger partial charge in [-0.3, -0.25) is 0 Å². The number of hydrogen-bond donors (Lipinski definition) is 2. The molecule has 4 nitrogen and oxygen atoms in total. The number of alkyl halides is 3. The number of amidine groups is 1. The lowest BCUT2D eigenvalue weighted by Crippen LogP contribution is -2.25. The average molecular weight is 301 g/mol. The van der Waals surface area contributed by atoms with E-state index in [0.29, 0.717) is 17.5 Å². The van der Waals surface area contributed by atoms with Crippen molar-refractivity contribution < 1.29 is 18.4 Å². The molecule has 2 unspecified atom stereocenters. The number of hydrogen-bond acceptors (Lipinski definition) is 3. The molecule has 1 aliphatic carbocycles. The fraction of sp³-hybridized carbons (Fsp3) is 0.500. The van der Waals surface area contributed by atoms with Gasteiger partial charge in [0, 0.05) is 24.8 Å². The Morgan fingerprint density at radius 1 is 1.48 bits per heavy atom. The number of rotatable bonds is 4. The predicted octanol–water partition coefficient (Wildman–Crippen LogP) is 2.89. The molecule has 0 radical (unpaired) electrons. The third kappa shape index (κ3) is 3.40. The molecule has 7 heteroatoms. The fourth-order valence-corrected chi connectivity index (χ4v) is 2.41. The molecule has 2 rings (SSSR count). The van der Waals surface area contributed by atoms with E-state index in [1.807, 2.05) is 4.90 Å². The minimum atomic E-state index is -4.47. The number of halogens is 3. The summed E-state index contributed by atoms with van der Waals surface area (Å²) in [5.41, 5.74) is 5.32. The number of nitrogens with zero attached hydrogens (tertiary/aromatic N) is 2. The van der Waals surface area contributed by atoms with Crippen LogP contribution in [0.4, 0.5) is 18.9 Å². The summed E-state index contributed by atoms with van der Waals surface area (Å²) < 4.78 is 38.3. The summed E-state index contributed by atoms with van der Waals surface area (Å²) in [6.45, 7) is 2.87. The van der Waals surface area contributed by atoms with Crippen molar-refractivity contribution in [2.24, 2.45) is 22.7 Å². The summed E-state index contributed by atoms with van der Waals surface area (Å²) in [6, 6.07) is 3.29. The Morgan fingerprint density at radius 2 is 2.10 bits per heavy atom. The Hall–Kier alpha value is -1.92. The van der Waals surface area contributed by atoms with E-state index in [-0.39, 0.29) is 11.4 Å². The van der Waals surface area contributed by atoms with E-state index in [4.69, 9.17) is 10.9 Å². The molecule has 0 spiro atoms. The Balaban J connectivity index is 2.35. The molecule has 1 fully saturated rings. The van der Waals surface area contributed by atoms with E-state index in [9.17, 15) is 13.2 Å². The van der Waals surface area contributed by atoms with Gasteiger partial charge in [0.2, 0.25) is 0 Å². The predicted molar refractivity (Wildman–Crippen MR) is 74.5 cm³/mol. The zero-order valence-corrected chi connectivity index (χ0v) is 11.9. The van der Waals surface area contributed by atoms with Gasteiger partial charge in [-0.15, -0.1) is 0 Å². The Bertz CT molecular complexity index is 557. The lowest BCUT2D eigenvalue weighted by molar-refractivity contribution is -0.137. The van der Waals surface area contributed by atoms with Crippen molar-refractivity contribution >= 4 is 11.5 Å². The van der Waals surface area contributed by atoms with Crippen LogP contribution in [-0.2, 0) is 6.18 Å². The smallest absolute Gasteiger partial charge is 0.409 e. The Morgan fingerprint density at radius 3 is 2.57 bits per heavy atom. The SMILES string of the molecule is CC1CC1CN(C)c1ccc(C(F)(F)F)cc1C(N)=NO. The molecule has 0 bridgehead atoms. The van der Waals surface area contributed by atoms with Gasteiger partial charge in [-0.1, -0.05) is 12.1 Å². The second kappa shape index (κ2) is 5.46. The average Bonchev–Trinajstić information content (AvgIpc) is 3.11. The van der Waals surface area contributed by atoms with E-state index < -0.39 is 11.7 Å². The third-order valence-electron chi connectivity index (χ3n) is 3.90. The van der Waals surface area contributed by atoms with Crippen molar-refractivity contribution in [3.8, 4) is 0 Å².